The summed E-state index contributed by atoms with van der Waals surface area (Å²) in [6.45, 7) is 1.20. The van der Waals surface area contributed by atoms with Gasteiger partial charge in [-0.1, -0.05) is 12.1 Å². The van der Waals surface area contributed by atoms with Crippen molar-refractivity contribution in [1.82, 2.24) is 9.55 Å². The third-order valence-corrected chi connectivity index (χ3v) is 5.10. The number of nitriles is 1. The van der Waals surface area contributed by atoms with Crippen LogP contribution in [0.3, 0.4) is 0 Å². The number of hydrogen-bond acceptors (Lipinski definition) is 5. The number of nitro groups is 1. The maximum atomic E-state index is 12.4. The van der Waals surface area contributed by atoms with Crippen LogP contribution in [0.5, 0.6) is 0 Å². The average Bonchev–Trinajstić information content (AvgIpc) is 3.03. The van der Waals surface area contributed by atoms with Gasteiger partial charge < -0.3 is 9.88 Å². The Morgan fingerprint density at radius 1 is 1.19 bits per heavy atom. The van der Waals surface area contributed by atoms with Gasteiger partial charge in [0, 0.05) is 25.2 Å². The summed E-state index contributed by atoms with van der Waals surface area (Å²) in [5.74, 6) is 0. The zero-order valence-corrected chi connectivity index (χ0v) is 14.5. The summed E-state index contributed by atoms with van der Waals surface area (Å²) in [7, 11) is 0. The Balaban J connectivity index is 1.60. The Morgan fingerprint density at radius 2 is 1.93 bits per heavy atom. The fraction of sp³-hybridized carbons (Fsp3) is 0.263. The van der Waals surface area contributed by atoms with Gasteiger partial charge in [0.05, 0.1) is 27.6 Å². The average molecular weight is 363 g/mol. The third kappa shape index (κ3) is 2.93. The Bertz CT molecular complexity index is 1120. The highest BCUT2D eigenvalue weighted by Crippen LogP contribution is 2.33. The van der Waals surface area contributed by atoms with Crippen LogP contribution in [0.1, 0.15) is 24.4 Å². The molecule has 0 amide bonds. The SMILES string of the molecule is N#Cc1ccc(N2CCC(n3c(=O)[nH]c4ccccc43)CC2)c([N+](=O)[O-])c1. The van der Waals surface area contributed by atoms with Gasteiger partial charge in [-0.3, -0.25) is 14.7 Å². The fourth-order valence-electron chi connectivity index (χ4n) is 3.81. The maximum absolute atomic E-state index is 12.4. The van der Waals surface area contributed by atoms with Crippen molar-refractivity contribution in [2.24, 2.45) is 0 Å². The number of benzene rings is 2. The number of imidazole rings is 1. The molecule has 2 heterocycles. The van der Waals surface area contributed by atoms with E-state index in [1.165, 1.54) is 6.07 Å². The number of nitro benzene ring substituents is 1. The van der Waals surface area contributed by atoms with Crippen LogP contribution in [0.15, 0.2) is 47.3 Å². The van der Waals surface area contributed by atoms with Crippen LogP contribution in [-0.4, -0.2) is 27.6 Å². The molecule has 2 aromatic carbocycles. The first-order valence-corrected chi connectivity index (χ1v) is 8.71. The molecule has 8 heteroatoms. The highest BCUT2D eigenvalue weighted by molar-refractivity contribution is 5.75. The van der Waals surface area contributed by atoms with Crippen LogP contribution in [0.2, 0.25) is 0 Å². The Labute approximate surface area is 154 Å². The normalized spacial score (nSPS) is 15.0. The van der Waals surface area contributed by atoms with Crippen LogP contribution >= 0.6 is 0 Å². The van der Waals surface area contributed by atoms with Crippen molar-refractivity contribution in [1.29, 1.82) is 5.26 Å². The lowest BCUT2D eigenvalue weighted by Gasteiger charge is -2.33. The monoisotopic (exact) mass is 363 g/mol. The lowest BCUT2D eigenvalue weighted by atomic mass is 10.0. The standard InChI is InChI=1S/C19H17N5O3/c20-12-13-5-6-17(18(11-13)24(26)27)22-9-7-14(8-10-22)23-16-4-2-1-3-15(16)21-19(23)25/h1-6,11,14H,7-10H2,(H,21,25). The number of nitrogens with zero attached hydrogens (tertiary/aromatic N) is 4. The third-order valence-electron chi connectivity index (χ3n) is 5.10. The first kappa shape index (κ1) is 16.8. The van der Waals surface area contributed by atoms with Gasteiger partial charge in [0.15, 0.2) is 0 Å². The Hall–Kier alpha value is -3.60. The molecule has 8 nitrogen and oxygen atoms in total. The van der Waals surface area contributed by atoms with E-state index >= 15 is 0 Å². The van der Waals surface area contributed by atoms with Crippen molar-refractivity contribution >= 4 is 22.4 Å². The van der Waals surface area contributed by atoms with E-state index in [2.05, 4.69) is 4.98 Å². The Morgan fingerprint density at radius 3 is 2.63 bits per heavy atom. The second-order valence-corrected chi connectivity index (χ2v) is 6.61. The lowest BCUT2D eigenvalue weighted by molar-refractivity contribution is -0.384. The molecular formula is C19H17N5O3. The van der Waals surface area contributed by atoms with Crippen LogP contribution in [0, 0.1) is 21.4 Å². The van der Waals surface area contributed by atoms with Gasteiger partial charge in [-0.15, -0.1) is 0 Å². The quantitative estimate of drug-likeness (QED) is 0.568. The molecule has 1 N–H and O–H groups in total. The molecule has 1 saturated heterocycles. The van der Waals surface area contributed by atoms with Gasteiger partial charge in [0.25, 0.3) is 5.69 Å². The lowest BCUT2D eigenvalue weighted by Crippen LogP contribution is -2.37. The maximum Gasteiger partial charge on any atom is 0.326 e. The number of rotatable bonds is 3. The molecule has 0 spiro atoms. The molecule has 1 aliphatic heterocycles. The number of aromatic nitrogens is 2. The number of aromatic amines is 1. The van der Waals surface area contributed by atoms with E-state index in [-0.39, 0.29) is 23.0 Å². The van der Waals surface area contributed by atoms with Gasteiger partial charge in [-0.2, -0.15) is 5.26 Å². The minimum atomic E-state index is -0.452. The zero-order valence-electron chi connectivity index (χ0n) is 14.5. The van der Waals surface area contributed by atoms with E-state index < -0.39 is 4.92 Å². The second kappa shape index (κ2) is 6.61. The number of piperidine rings is 1. The van der Waals surface area contributed by atoms with Crippen LogP contribution in [0.4, 0.5) is 11.4 Å². The summed E-state index contributed by atoms with van der Waals surface area (Å²) in [4.78, 5) is 28.2. The van der Waals surface area contributed by atoms with E-state index in [1.54, 1.807) is 16.7 Å². The number of anilines is 1. The molecule has 0 unspecified atom stereocenters. The zero-order chi connectivity index (χ0) is 19.0. The minimum absolute atomic E-state index is 0.0438. The van der Waals surface area contributed by atoms with Gasteiger partial charge in [-0.05, 0) is 37.1 Å². The van der Waals surface area contributed by atoms with Gasteiger partial charge in [-0.25, -0.2) is 4.79 Å². The van der Waals surface area contributed by atoms with Gasteiger partial charge in [0.2, 0.25) is 0 Å². The highest BCUT2D eigenvalue weighted by atomic mass is 16.6. The predicted molar refractivity (Wildman–Crippen MR) is 101 cm³/mol. The van der Waals surface area contributed by atoms with Crippen LogP contribution in [0.25, 0.3) is 11.0 Å². The number of H-pyrrole nitrogens is 1. The van der Waals surface area contributed by atoms with E-state index in [9.17, 15) is 14.9 Å². The highest BCUT2D eigenvalue weighted by Gasteiger charge is 2.27. The van der Waals surface area contributed by atoms with Crippen LogP contribution < -0.4 is 10.6 Å². The summed E-state index contributed by atoms with van der Waals surface area (Å²) >= 11 is 0. The molecule has 0 radical (unpaired) electrons. The molecule has 1 aromatic heterocycles. The number of para-hydroxylation sites is 2. The molecule has 0 atom stereocenters. The fourth-order valence-corrected chi connectivity index (χ4v) is 3.81. The van der Waals surface area contributed by atoms with Crippen molar-refractivity contribution in [3.63, 3.8) is 0 Å². The number of hydrogen-bond donors (Lipinski definition) is 1. The summed E-state index contributed by atoms with van der Waals surface area (Å²) in [6, 6.07) is 14.1. The van der Waals surface area contributed by atoms with Crippen molar-refractivity contribution in [2.45, 2.75) is 18.9 Å². The summed E-state index contributed by atoms with van der Waals surface area (Å²) in [5.41, 5.74) is 2.29. The Kier molecular flexibility index (Phi) is 4.12. The molecule has 27 heavy (non-hydrogen) atoms. The number of fused-ring (bicyclic) bond motifs is 1. The second-order valence-electron chi connectivity index (χ2n) is 6.61. The van der Waals surface area contributed by atoms with E-state index in [4.69, 9.17) is 5.26 Å². The largest absolute Gasteiger partial charge is 0.366 e. The molecular weight excluding hydrogens is 346 g/mol. The minimum Gasteiger partial charge on any atom is -0.366 e. The molecule has 1 aliphatic rings. The topological polar surface area (TPSA) is 108 Å². The molecule has 3 aromatic rings. The van der Waals surface area contributed by atoms with Crippen molar-refractivity contribution in [3.8, 4) is 6.07 Å². The summed E-state index contributed by atoms with van der Waals surface area (Å²) in [6.07, 6.45) is 1.41. The smallest absolute Gasteiger partial charge is 0.326 e. The molecule has 4 rings (SSSR count). The summed E-state index contributed by atoms with van der Waals surface area (Å²) in [5, 5.41) is 20.4. The van der Waals surface area contributed by atoms with Crippen LogP contribution in [-0.2, 0) is 0 Å². The van der Waals surface area contributed by atoms with Crippen molar-refractivity contribution in [2.75, 3.05) is 18.0 Å². The predicted octanol–water partition coefficient (Wildman–Crippen LogP) is 2.95. The molecule has 0 bridgehead atoms. The van der Waals surface area contributed by atoms with E-state index in [1.807, 2.05) is 35.2 Å². The van der Waals surface area contributed by atoms with E-state index in [0.717, 1.165) is 11.0 Å². The first-order valence-electron chi connectivity index (χ1n) is 8.71. The molecule has 0 aliphatic carbocycles. The first-order chi connectivity index (χ1) is 13.1. The molecule has 136 valence electrons. The van der Waals surface area contributed by atoms with Crippen molar-refractivity contribution < 1.29 is 4.92 Å². The molecule has 0 saturated carbocycles. The number of nitrogens with one attached hydrogen (secondary N) is 1. The van der Waals surface area contributed by atoms with Gasteiger partial charge >= 0.3 is 5.69 Å². The molecule has 1 fully saturated rings. The van der Waals surface area contributed by atoms with E-state index in [0.29, 0.717) is 31.6 Å². The summed E-state index contributed by atoms with van der Waals surface area (Å²) < 4.78 is 1.79. The van der Waals surface area contributed by atoms with Gasteiger partial charge in [0.1, 0.15) is 5.69 Å². The van der Waals surface area contributed by atoms with Crippen molar-refractivity contribution in [3.05, 3.63) is 68.6 Å².